The number of amides is 2. The van der Waals surface area contributed by atoms with Crippen LogP contribution >= 0.6 is 11.6 Å². The number of hydrogen-bond donors (Lipinski definition) is 0. The zero-order valence-corrected chi connectivity index (χ0v) is 14.3. The summed E-state index contributed by atoms with van der Waals surface area (Å²) in [6.07, 6.45) is -0.683. The number of nitrogens with zero attached hydrogens (tertiary/aromatic N) is 2. The molecule has 0 N–H and O–H groups in total. The van der Waals surface area contributed by atoms with E-state index in [0.29, 0.717) is 0 Å². The molecule has 0 saturated carbocycles. The number of halogens is 1. The zero-order valence-electron chi connectivity index (χ0n) is 12.8. The normalized spacial score (nSPS) is 19.3. The van der Waals surface area contributed by atoms with E-state index in [0.717, 1.165) is 4.90 Å². The number of cyclic esters (lactones) is 1. The van der Waals surface area contributed by atoms with Gasteiger partial charge in [-0.15, -0.1) is 0 Å². The Bertz CT molecular complexity index is 774. The largest absolute Gasteiger partial charge is 0.495 e. The maximum atomic E-state index is 12.7. The Kier molecular flexibility index (Phi) is 4.41. The lowest BCUT2D eigenvalue weighted by Gasteiger charge is -2.39. The molecule has 0 unspecified atom stereocenters. The standard InChI is InChI=1S/C14H15ClN2O6S/c1-22-11-3-2-10(15)4-12(11)24(20,21)16-5-9(6-16)7-17-13(18)8-23-14(17)19/h2-4,9H,5-8H2,1H3. The fourth-order valence-electron chi connectivity index (χ4n) is 2.64. The lowest BCUT2D eigenvalue weighted by Crippen LogP contribution is -2.54. The second-order valence-electron chi connectivity index (χ2n) is 5.54. The van der Waals surface area contributed by atoms with Gasteiger partial charge >= 0.3 is 6.09 Å². The van der Waals surface area contributed by atoms with E-state index in [1.54, 1.807) is 6.07 Å². The Balaban J connectivity index is 1.70. The first-order chi connectivity index (χ1) is 11.3. The van der Waals surface area contributed by atoms with Gasteiger partial charge in [0.15, 0.2) is 6.61 Å². The molecule has 8 nitrogen and oxygen atoms in total. The molecule has 0 aromatic heterocycles. The third-order valence-electron chi connectivity index (χ3n) is 3.95. The molecule has 2 saturated heterocycles. The SMILES string of the molecule is COc1ccc(Cl)cc1S(=O)(=O)N1CC(CN2C(=O)COC2=O)C1. The van der Waals surface area contributed by atoms with Crippen molar-refractivity contribution < 1.29 is 27.5 Å². The first kappa shape index (κ1) is 17.0. The van der Waals surface area contributed by atoms with Crippen LogP contribution < -0.4 is 4.74 Å². The number of carbonyl (C=O) groups excluding carboxylic acids is 2. The Labute approximate surface area is 143 Å². The van der Waals surface area contributed by atoms with Crippen molar-refractivity contribution in [3.05, 3.63) is 23.2 Å². The summed E-state index contributed by atoms with van der Waals surface area (Å²) in [4.78, 5) is 23.9. The lowest BCUT2D eigenvalue weighted by molar-refractivity contribution is -0.126. The second-order valence-corrected chi connectivity index (χ2v) is 7.88. The van der Waals surface area contributed by atoms with Crippen molar-refractivity contribution in [1.29, 1.82) is 0 Å². The highest BCUT2D eigenvalue weighted by Gasteiger charge is 2.42. The molecule has 0 spiro atoms. The molecule has 1 aromatic carbocycles. The molecule has 2 amide bonds. The van der Waals surface area contributed by atoms with Crippen LogP contribution in [0.2, 0.25) is 5.02 Å². The van der Waals surface area contributed by atoms with Crippen LogP contribution in [0.3, 0.4) is 0 Å². The quantitative estimate of drug-likeness (QED) is 0.761. The van der Waals surface area contributed by atoms with E-state index < -0.39 is 22.0 Å². The van der Waals surface area contributed by atoms with Gasteiger partial charge in [0.1, 0.15) is 10.6 Å². The number of methoxy groups -OCH3 is 1. The van der Waals surface area contributed by atoms with Crippen molar-refractivity contribution in [2.24, 2.45) is 5.92 Å². The summed E-state index contributed by atoms with van der Waals surface area (Å²) >= 11 is 5.89. The van der Waals surface area contributed by atoms with Crippen molar-refractivity contribution >= 4 is 33.6 Å². The van der Waals surface area contributed by atoms with Crippen LogP contribution in [0.25, 0.3) is 0 Å². The molecule has 2 fully saturated rings. The highest BCUT2D eigenvalue weighted by molar-refractivity contribution is 7.89. The minimum atomic E-state index is -3.76. The van der Waals surface area contributed by atoms with Crippen molar-refractivity contribution in [3.8, 4) is 5.75 Å². The minimum absolute atomic E-state index is 0.00684. The van der Waals surface area contributed by atoms with Crippen LogP contribution in [-0.2, 0) is 19.6 Å². The van der Waals surface area contributed by atoms with Gasteiger partial charge in [-0.3, -0.25) is 4.79 Å². The third-order valence-corrected chi connectivity index (χ3v) is 6.04. The highest BCUT2D eigenvalue weighted by Crippen LogP contribution is 2.33. The summed E-state index contributed by atoms with van der Waals surface area (Å²) in [7, 11) is -2.38. The van der Waals surface area contributed by atoms with E-state index in [1.165, 1.54) is 23.5 Å². The Morgan fingerprint density at radius 3 is 2.62 bits per heavy atom. The van der Waals surface area contributed by atoms with Gasteiger partial charge in [0.2, 0.25) is 10.0 Å². The van der Waals surface area contributed by atoms with Crippen molar-refractivity contribution in [2.75, 3.05) is 33.4 Å². The highest BCUT2D eigenvalue weighted by atomic mass is 35.5. The average molecular weight is 375 g/mol. The molecular weight excluding hydrogens is 360 g/mol. The third kappa shape index (κ3) is 2.94. The molecule has 1 aromatic rings. The number of benzene rings is 1. The first-order valence-electron chi connectivity index (χ1n) is 7.13. The molecule has 2 heterocycles. The summed E-state index contributed by atoms with van der Waals surface area (Å²) in [6.45, 7) is 0.299. The van der Waals surface area contributed by atoms with Crippen LogP contribution in [-0.4, -0.2) is 63.0 Å². The number of carbonyl (C=O) groups is 2. The summed E-state index contributed by atoms with van der Waals surface area (Å²) < 4.78 is 36.3. The predicted molar refractivity (Wildman–Crippen MR) is 83.3 cm³/mol. The van der Waals surface area contributed by atoms with Gasteiger partial charge in [0, 0.05) is 30.6 Å². The number of sulfonamides is 1. The van der Waals surface area contributed by atoms with Crippen LogP contribution in [0.1, 0.15) is 0 Å². The summed E-state index contributed by atoms with van der Waals surface area (Å²) in [5, 5.41) is 0.289. The van der Waals surface area contributed by atoms with Gasteiger partial charge in [-0.2, -0.15) is 4.31 Å². The van der Waals surface area contributed by atoms with Crippen LogP contribution in [0.4, 0.5) is 4.79 Å². The molecule has 3 rings (SSSR count). The van der Waals surface area contributed by atoms with E-state index in [9.17, 15) is 18.0 Å². The van der Waals surface area contributed by atoms with Crippen LogP contribution in [0.15, 0.2) is 23.1 Å². The van der Waals surface area contributed by atoms with Crippen LogP contribution in [0, 0.1) is 5.92 Å². The maximum absolute atomic E-state index is 12.7. The molecule has 0 aliphatic carbocycles. The number of imide groups is 1. The smallest absolute Gasteiger partial charge is 0.417 e. The zero-order chi connectivity index (χ0) is 17.5. The summed E-state index contributed by atoms with van der Waals surface area (Å²) in [5.41, 5.74) is 0. The molecule has 130 valence electrons. The number of hydrogen-bond acceptors (Lipinski definition) is 6. The molecular formula is C14H15ClN2O6S. The molecule has 0 radical (unpaired) electrons. The van der Waals surface area contributed by atoms with E-state index in [4.69, 9.17) is 16.3 Å². The van der Waals surface area contributed by atoms with Crippen molar-refractivity contribution in [2.45, 2.75) is 4.90 Å². The van der Waals surface area contributed by atoms with Gasteiger partial charge < -0.3 is 9.47 Å². The number of rotatable bonds is 5. The van der Waals surface area contributed by atoms with Gasteiger partial charge in [-0.1, -0.05) is 11.6 Å². The molecule has 10 heteroatoms. The van der Waals surface area contributed by atoms with Gasteiger partial charge in [0.25, 0.3) is 5.91 Å². The molecule has 2 aliphatic rings. The van der Waals surface area contributed by atoms with Gasteiger partial charge in [0.05, 0.1) is 7.11 Å². The maximum Gasteiger partial charge on any atom is 0.417 e. The van der Waals surface area contributed by atoms with Gasteiger partial charge in [-0.05, 0) is 18.2 Å². The molecule has 24 heavy (non-hydrogen) atoms. The van der Waals surface area contributed by atoms with E-state index in [-0.39, 0.29) is 47.8 Å². The minimum Gasteiger partial charge on any atom is -0.495 e. The molecule has 2 aliphatic heterocycles. The predicted octanol–water partition coefficient (Wildman–Crippen LogP) is 0.948. The summed E-state index contributed by atoms with van der Waals surface area (Å²) in [6, 6.07) is 4.37. The average Bonchev–Trinajstić information content (AvgIpc) is 2.81. The monoisotopic (exact) mass is 374 g/mol. The number of ether oxygens (including phenoxy) is 2. The second kappa shape index (κ2) is 6.23. The van der Waals surface area contributed by atoms with E-state index >= 15 is 0 Å². The van der Waals surface area contributed by atoms with Crippen LogP contribution in [0.5, 0.6) is 5.75 Å². The lowest BCUT2D eigenvalue weighted by atomic mass is 10.0. The van der Waals surface area contributed by atoms with E-state index in [1.807, 2.05) is 0 Å². The van der Waals surface area contributed by atoms with Gasteiger partial charge in [-0.25, -0.2) is 18.1 Å². The van der Waals surface area contributed by atoms with Crippen molar-refractivity contribution in [1.82, 2.24) is 9.21 Å². The molecule has 0 bridgehead atoms. The fraction of sp³-hybridized carbons (Fsp3) is 0.429. The summed E-state index contributed by atoms with van der Waals surface area (Å²) in [5.74, 6) is -0.321. The molecule has 0 atom stereocenters. The van der Waals surface area contributed by atoms with Crippen molar-refractivity contribution in [3.63, 3.8) is 0 Å². The van der Waals surface area contributed by atoms with E-state index in [2.05, 4.69) is 4.74 Å². The first-order valence-corrected chi connectivity index (χ1v) is 8.95. The fourth-order valence-corrected chi connectivity index (χ4v) is 4.65. The Morgan fingerprint density at radius 2 is 2.04 bits per heavy atom. The Morgan fingerprint density at radius 1 is 1.33 bits per heavy atom. The Hall–Kier alpha value is -1.84. The topological polar surface area (TPSA) is 93.2 Å².